The van der Waals surface area contributed by atoms with Crippen molar-refractivity contribution >= 4 is 23.3 Å². The van der Waals surface area contributed by atoms with Gasteiger partial charge >= 0.3 is 5.97 Å². The first kappa shape index (κ1) is 16.5. The van der Waals surface area contributed by atoms with Crippen LogP contribution in [0.3, 0.4) is 0 Å². The topological polar surface area (TPSA) is 67.4 Å². The second-order valence-electron chi connectivity index (χ2n) is 5.16. The van der Waals surface area contributed by atoms with Crippen molar-refractivity contribution in [2.75, 3.05) is 24.3 Å². The summed E-state index contributed by atoms with van der Waals surface area (Å²) in [7, 11) is 1.33. The van der Waals surface area contributed by atoms with E-state index in [1.54, 1.807) is 24.3 Å². The number of methoxy groups -OCH3 is 1. The van der Waals surface area contributed by atoms with Crippen molar-refractivity contribution in [1.29, 1.82) is 0 Å². The Kier molecular flexibility index (Phi) is 5.74. The summed E-state index contributed by atoms with van der Waals surface area (Å²) in [6.45, 7) is 2.58. The van der Waals surface area contributed by atoms with Crippen LogP contribution in [-0.4, -0.2) is 25.5 Å². The first-order valence-electron chi connectivity index (χ1n) is 7.37. The SMILES string of the molecule is COC(=O)c1ccc(NC(=O)CCNc2ccc(C)cc2)cc1. The molecule has 0 aliphatic carbocycles. The summed E-state index contributed by atoms with van der Waals surface area (Å²) in [4.78, 5) is 23.2. The van der Waals surface area contributed by atoms with Gasteiger partial charge in [-0.1, -0.05) is 17.7 Å². The lowest BCUT2D eigenvalue weighted by Gasteiger charge is -2.08. The summed E-state index contributed by atoms with van der Waals surface area (Å²) in [5, 5.41) is 5.99. The minimum absolute atomic E-state index is 0.0876. The third-order valence-electron chi connectivity index (χ3n) is 3.32. The molecule has 2 N–H and O–H groups in total. The van der Waals surface area contributed by atoms with Crippen LogP contribution in [0.4, 0.5) is 11.4 Å². The molecular weight excluding hydrogens is 292 g/mol. The average Bonchev–Trinajstić information content (AvgIpc) is 2.56. The van der Waals surface area contributed by atoms with Gasteiger partial charge in [-0.15, -0.1) is 0 Å². The Morgan fingerprint density at radius 1 is 0.957 bits per heavy atom. The van der Waals surface area contributed by atoms with Gasteiger partial charge < -0.3 is 15.4 Å². The molecule has 0 aliphatic heterocycles. The van der Waals surface area contributed by atoms with E-state index in [1.165, 1.54) is 12.7 Å². The van der Waals surface area contributed by atoms with Gasteiger partial charge in [0.25, 0.3) is 0 Å². The Morgan fingerprint density at radius 3 is 2.17 bits per heavy atom. The highest BCUT2D eigenvalue weighted by atomic mass is 16.5. The number of amides is 1. The van der Waals surface area contributed by atoms with E-state index in [0.717, 1.165) is 5.69 Å². The van der Waals surface area contributed by atoms with E-state index in [9.17, 15) is 9.59 Å². The van der Waals surface area contributed by atoms with Crippen molar-refractivity contribution in [2.24, 2.45) is 0 Å². The molecule has 0 spiro atoms. The Hall–Kier alpha value is -2.82. The van der Waals surface area contributed by atoms with E-state index >= 15 is 0 Å². The molecule has 0 saturated carbocycles. The average molecular weight is 312 g/mol. The van der Waals surface area contributed by atoms with Crippen LogP contribution < -0.4 is 10.6 Å². The minimum Gasteiger partial charge on any atom is -0.465 e. The van der Waals surface area contributed by atoms with Crippen molar-refractivity contribution in [3.05, 3.63) is 59.7 Å². The molecule has 0 atom stereocenters. The van der Waals surface area contributed by atoms with Crippen LogP contribution in [0, 0.1) is 6.92 Å². The standard InChI is InChI=1S/C18H20N2O3/c1-13-3-7-15(8-4-13)19-12-11-17(21)20-16-9-5-14(6-10-16)18(22)23-2/h3-10,19H,11-12H2,1-2H3,(H,20,21). The molecule has 1 amide bonds. The third kappa shape index (κ3) is 5.14. The number of anilines is 2. The Balaban J connectivity index is 1.78. The summed E-state index contributed by atoms with van der Waals surface area (Å²) < 4.78 is 4.63. The molecule has 5 nitrogen and oxygen atoms in total. The maximum absolute atomic E-state index is 11.9. The number of nitrogens with one attached hydrogen (secondary N) is 2. The second-order valence-corrected chi connectivity index (χ2v) is 5.16. The number of rotatable bonds is 6. The molecule has 5 heteroatoms. The van der Waals surface area contributed by atoms with Gasteiger partial charge in [-0.05, 0) is 43.3 Å². The van der Waals surface area contributed by atoms with E-state index < -0.39 is 5.97 Å². The Morgan fingerprint density at radius 2 is 1.57 bits per heavy atom. The van der Waals surface area contributed by atoms with Crippen molar-refractivity contribution in [2.45, 2.75) is 13.3 Å². The first-order valence-corrected chi connectivity index (χ1v) is 7.37. The van der Waals surface area contributed by atoms with Gasteiger partial charge in [0, 0.05) is 24.3 Å². The fourth-order valence-corrected chi connectivity index (χ4v) is 2.02. The van der Waals surface area contributed by atoms with Crippen molar-refractivity contribution in [3.63, 3.8) is 0 Å². The Labute approximate surface area is 135 Å². The summed E-state index contributed by atoms with van der Waals surface area (Å²) >= 11 is 0. The van der Waals surface area contributed by atoms with Gasteiger partial charge in [-0.25, -0.2) is 4.79 Å². The third-order valence-corrected chi connectivity index (χ3v) is 3.32. The maximum atomic E-state index is 11.9. The molecule has 2 aromatic carbocycles. The lowest BCUT2D eigenvalue weighted by atomic mass is 10.2. The molecule has 2 rings (SSSR count). The van der Waals surface area contributed by atoms with E-state index in [-0.39, 0.29) is 5.91 Å². The molecule has 0 aromatic heterocycles. The van der Waals surface area contributed by atoms with Crippen LogP contribution in [0.15, 0.2) is 48.5 Å². The monoisotopic (exact) mass is 312 g/mol. The minimum atomic E-state index is -0.398. The maximum Gasteiger partial charge on any atom is 0.337 e. The van der Waals surface area contributed by atoms with Crippen LogP contribution >= 0.6 is 0 Å². The highest BCUT2D eigenvalue weighted by molar-refractivity contribution is 5.93. The molecule has 2 aromatic rings. The summed E-state index contributed by atoms with van der Waals surface area (Å²) in [6, 6.07) is 14.6. The largest absolute Gasteiger partial charge is 0.465 e. The predicted octanol–water partition coefficient (Wildman–Crippen LogP) is 3.22. The molecule has 0 radical (unpaired) electrons. The van der Waals surface area contributed by atoms with Gasteiger partial charge in [0.2, 0.25) is 5.91 Å². The van der Waals surface area contributed by atoms with Gasteiger partial charge in [0.15, 0.2) is 0 Å². The number of carbonyl (C=O) groups excluding carboxylic acids is 2. The summed E-state index contributed by atoms with van der Waals surface area (Å²) in [5.74, 6) is -0.486. The fourth-order valence-electron chi connectivity index (χ4n) is 2.02. The molecular formula is C18H20N2O3. The lowest BCUT2D eigenvalue weighted by molar-refractivity contribution is -0.115. The van der Waals surface area contributed by atoms with Crippen molar-refractivity contribution in [3.8, 4) is 0 Å². The molecule has 0 saturated heterocycles. The smallest absolute Gasteiger partial charge is 0.337 e. The number of hydrogen-bond acceptors (Lipinski definition) is 4. The fraction of sp³-hybridized carbons (Fsp3) is 0.222. The van der Waals surface area contributed by atoms with Crippen LogP contribution in [0.2, 0.25) is 0 Å². The normalized spacial score (nSPS) is 10.0. The zero-order chi connectivity index (χ0) is 16.7. The van der Waals surface area contributed by atoms with Crippen LogP contribution in [0.1, 0.15) is 22.3 Å². The molecule has 23 heavy (non-hydrogen) atoms. The zero-order valence-corrected chi connectivity index (χ0v) is 13.3. The molecule has 0 heterocycles. The van der Waals surface area contributed by atoms with Gasteiger partial charge in [0.1, 0.15) is 0 Å². The predicted molar refractivity (Wildman–Crippen MR) is 90.7 cm³/mol. The first-order chi connectivity index (χ1) is 11.1. The van der Waals surface area contributed by atoms with Gasteiger partial charge in [0.05, 0.1) is 12.7 Å². The van der Waals surface area contributed by atoms with E-state index in [2.05, 4.69) is 15.4 Å². The van der Waals surface area contributed by atoms with E-state index in [1.807, 2.05) is 31.2 Å². The molecule has 0 aliphatic rings. The van der Waals surface area contributed by atoms with Crippen LogP contribution in [0.5, 0.6) is 0 Å². The van der Waals surface area contributed by atoms with Crippen molar-refractivity contribution in [1.82, 2.24) is 0 Å². The van der Waals surface area contributed by atoms with Crippen molar-refractivity contribution < 1.29 is 14.3 Å². The van der Waals surface area contributed by atoms with Gasteiger partial charge in [-0.3, -0.25) is 4.79 Å². The molecule has 0 unspecified atom stereocenters. The number of carbonyl (C=O) groups is 2. The van der Waals surface area contributed by atoms with Crippen LogP contribution in [-0.2, 0) is 9.53 Å². The number of esters is 1. The molecule has 0 bridgehead atoms. The van der Waals surface area contributed by atoms with Crippen LogP contribution in [0.25, 0.3) is 0 Å². The second kappa shape index (κ2) is 7.98. The number of benzene rings is 2. The highest BCUT2D eigenvalue weighted by Crippen LogP contribution is 2.11. The zero-order valence-electron chi connectivity index (χ0n) is 13.3. The lowest BCUT2D eigenvalue weighted by Crippen LogP contribution is -2.16. The van der Waals surface area contributed by atoms with E-state index in [4.69, 9.17) is 0 Å². The number of ether oxygens (including phenoxy) is 1. The highest BCUT2D eigenvalue weighted by Gasteiger charge is 2.06. The molecule has 120 valence electrons. The quantitative estimate of drug-likeness (QED) is 0.804. The van der Waals surface area contributed by atoms with Gasteiger partial charge in [-0.2, -0.15) is 0 Å². The summed E-state index contributed by atoms with van der Waals surface area (Å²) in [6.07, 6.45) is 0.354. The molecule has 0 fully saturated rings. The Bertz CT molecular complexity index is 664. The summed E-state index contributed by atoms with van der Waals surface area (Å²) in [5.41, 5.74) is 3.29. The van der Waals surface area contributed by atoms with E-state index in [0.29, 0.717) is 24.2 Å². The number of aryl methyl sites for hydroxylation is 1. The number of hydrogen-bond donors (Lipinski definition) is 2.